The molecule has 0 radical (unpaired) electrons. The van der Waals surface area contributed by atoms with Crippen molar-refractivity contribution in [2.24, 2.45) is 5.92 Å². The molecule has 0 aliphatic carbocycles. The lowest BCUT2D eigenvalue weighted by Gasteiger charge is -2.28. The molecule has 1 saturated heterocycles. The average Bonchev–Trinajstić information content (AvgIpc) is 2.63. The van der Waals surface area contributed by atoms with Crippen LogP contribution in [0.5, 0.6) is 0 Å². The fraction of sp³-hybridized carbons (Fsp3) is 0.381. The van der Waals surface area contributed by atoms with Crippen LogP contribution in [0.2, 0.25) is 0 Å². The number of carbonyl (C=O) groups excluding carboxylic acids is 1. The minimum Gasteiger partial charge on any atom is -0.384 e. The number of anilines is 2. The maximum absolute atomic E-state index is 12.4. The van der Waals surface area contributed by atoms with Crippen LogP contribution in [-0.2, 0) is 4.74 Å². The van der Waals surface area contributed by atoms with E-state index in [1.807, 2.05) is 49.4 Å². The Morgan fingerprint density at radius 1 is 1.12 bits per heavy atom. The van der Waals surface area contributed by atoms with Crippen LogP contribution < -0.4 is 10.6 Å². The predicted octanol–water partition coefficient (Wildman–Crippen LogP) is 4.47. The van der Waals surface area contributed by atoms with Gasteiger partial charge in [0.15, 0.2) is 0 Å². The molecule has 1 amide bonds. The highest BCUT2D eigenvalue weighted by Gasteiger charge is 2.19. The molecule has 1 heterocycles. The van der Waals surface area contributed by atoms with Gasteiger partial charge in [-0.3, -0.25) is 4.79 Å². The highest BCUT2D eigenvalue weighted by molar-refractivity contribution is 6.04. The molecule has 1 aliphatic heterocycles. The summed E-state index contributed by atoms with van der Waals surface area (Å²) >= 11 is 0. The number of hydrogen-bond acceptors (Lipinski definition) is 3. The van der Waals surface area contributed by atoms with Gasteiger partial charge in [0.05, 0.1) is 6.10 Å². The van der Waals surface area contributed by atoms with Crippen LogP contribution in [0.4, 0.5) is 11.4 Å². The van der Waals surface area contributed by atoms with Crippen LogP contribution in [0.15, 0.2) is 48.5 Å². The van der Waals surface area contributed by atoms with Crippen molar-refractivity contribution >= 4 is 17.3 Å². The summed E-state index contributed by atoms with van der Waals surface area (Å²) in [5.41, 5.74) is 3.65. The van der Waals surface area contributed by atoms with Crippen LogP contribution in [-0.4, -0.2) is 25.2 Å². The predicted molar refractivity (Wildman–Crippen MR) is 102 cm³/mol. The molecule has 4 heteroatoms. The third kappa shape index (κ3) is 4.60. The summed E-state index contributed by atoms with van der Waals surface area (Å²) in [5, 5.41) is 6.56. The third-order valence-electron chi connectivity index (χ3n) is 4.79. The fourth-order valence-electron chi connectivity index (χ4n) is 3.28. The molecule has 4 nitrogen and oxygen atoms in total. The van der Waals surface area contributed by atoms with Crippen molar-refractivity contribution in [3.8, 4) is 0 Å². The topological polar surface area (TPSA) is 50.4 Å². The largest absolute Gasteiger partial charge is 0.384 e. The summed E-state index contributed by atoms with van der Waals surface area (Å²) in [6.45, 7) is 5.96. The number of amides is 1. The van der Waals surface area contributed by atoms with E-state index in [1.165, 1.54) is 0 Å². The Kier molecular flexibility index (Phi) is 5.71. The van der Waals surface area contributed by atoms with E-state index in [9.17, 15) is 4.79 Å². The number of ether oxygens (including phenoxy) is 1. The van der Waals surface area contributed by atoms with Crippen LogP contribution >= 0.6 is 0 Å². The normalized spacial score (nSPS) is 20.1. The van der Waals surface area contributed by atoms with Gasteiger partial charge in [0, 0.05) is 30.1 Å². The summed E-state index contributed by atoms with van der Waals surface area (Å²) in [6.07, 6.45) is 2.54. The summed E-state index contributed by atoms with van der Waals surface area (Å²) in [7, 11) is 0. The molecule has 2 N–H and O–H groups in total. The van der Waals surface area contributed by atoms with Gasteiger partial charge >= 0.3 is 0 Å². The van der Waals surface area contributed by atoms with Gasteiger partial charge in [-0.05, 0) is 62.4 Å². The Hall–Kier alpha value is -2.33. The zero-order valence-corrected chi connectivity index (χ0v) is 14.9. The molecule has 0 unspecified atom stereocenters. The molecule has 0 bridgehead atoms. The lowest BCUT2D eigenvalue weighted by molar-refractivity contribution is 0.00558. The number of nitrogens with one attached hydrogen (secondary N) is 2. The second kappa shape index (κ2) is 8.17. The van der Waals surface area contributed by atoms with Crippen molar-refractivity contribution < 1.29 is 9.53 Å². The highest BCUT2D eigenvalue weighted by Crippen LogP contribution is 2.26. The van der Waals surface area contributed by atoms with Gasteiger partial charge in [0.2, 0.25) is 0 Å². The Morgan fingerprint density at radius 3 is 2.64 bits per heavy atom. The van der Waals surface area contributed by atoms with Crippen molar-refractivity contribution in [3.63, 3.8) is 0 Å². The SMILES string of the molecule is Cc1c(NC[C@H]2CCO[C@@H](C)C2)cccc1NC(=O)c1ccccc1. The minimum absolute atomic E-state index is 0.0842. The maximum atomic E-state index is 12.4. The average molecular weight is 338 g/mol. The van der Waals surface area contributed by atoms with E-state index in [1.54, 1.807) is 0 Å². The van der Waals surface area contributed by atoms with Gasteiger partial charge in [0.25, 0.3) is 5.91 Å². The van der Waals surface area contributed by atoms with Crippen molar-refractivity contribution in [1.82, 2.24) is 0 Å². The molecule has 3 rings (SSSR count). The molecular weight excluding hydrogens is 312 g/mol. The maximum Gasteiger partial charge on any atom is 0.255 e. The number of rotatable bonds is 5. The molecule has 2 aromatic rings. The molecule has 25 heavy (non-hydrogen) atoms. The summed E-state index contributed by atoms with van der Waals surface area (Å²) in [5.74, 6) is 0.546. The zero-order chi connectivity index (χ0) is 17.6. The van der Waals surface area contributed by atoms with Crippen LogP contribution in [0.1, 0.15) is 35.7 Å². The van der Waals surface area contributed by atoms with E-state index in [4.69, 9.17) is 4.74 Å². The van der Waals surface area contributed by atoms with Gasteiger partial charge in [-0.1, -0.05) is 24.3 Å². The molecule has 0 spiro atoms. The first-order valence-corrected chi connectivity index (χ1v) is 8.95. The second-order valence-electron chi connectivity index (χ2n) is 6.75. The third-order valence-corrected chi connectivity index (χ3v) is 4.79. The summed E-state index contributed by atoms with van der Waals surface area (Å²) in [6, 6.07) is 15.3. The number of benzene rings is 2. The first-order valence-electron chi connectivity index (χ1n) is 8.95. The van der Waals surface area contributed by atoms with Gasteiger partial charge in [-0.25, -0.2) is 0 Å². The van der Waals surface area contributed by atoms with Gasteiger partial charge < -0.3 is 15.4 Å². The molecular formula is C21H26N2O2. The number of hydrogen-bond donors (Lipinski definition) is 2. The molecule has 2 aromatic carbocycles. The van der Waals surface area contributed by atoms with Crippen LogP contribution in [0, 0.1) is 12.8 Å². The van der Waals surface area contributed by atoms with E-state index in [2.05, 4.69) is 23.6 Å². The summed E-state index contributed by atoms with van der Waals surface area (Å²) < 4.78 is 5.61. The minimum atomic E-state index is -0.0842. The lowest BCUT2D eigenvalue weighted by Crippen LogP contribution is -2.27. The van der Waals surface area contributed by atoms with E-state index in [0.717, 1.165) is 42.9 Å². The zero-order valence-electron chi connectivity index (χ0n) is 14.9. The second-order valence-corrected chi connectivity index (χ2v) is 6.75. The van der Waals surface area contributed by atoms with Crippen molar-refractivity contribution in [2.45, 2.75) is 32.8 Å². The lowest BCUT2D eigenvalue weighted by atomic mass is 9.96. The Bertz CT molecular complexity index is 715. The Labute approximate surface area is 149 Å². The number of carbonyl (C=O) groups is 1. The van der Waals surface area contributed by atoms with Gasteiger partial charge in [-0.2, -0.15) is 0 Å². The van der Waals surface area contributed by atoms with Crippen LogP contribution in [0.25, 0.3) is 0 Å². The van der Waals surface area contributed by atoms with E-state index in [-0.39, 0.29) is 5.91 Å². The fourth-order valence-corrected chi connectivity index (χ4v) is 3.28. The van der Waals surface area contributed by atoms with Crippen LogP contribution in [0.3, 0.4) is 0 Å². The van der Waals surface area contributed by atoms with Crippen molar-refractivity contribution in [1.29, 1.82) is 0 Å². The quantitative estimate of drug-likeness (QED) is 0.845. The van der Waals surface area contributed by atoms with E-state index < -0.39 is 0 Å². The first kappa shape index (κ1) is 17.5. The van der Waals surface area contributed by atoms with Crippen molar-refractivity contribution in [2.75, 3.05) is 23.8 Å². The molecule has 1 aliphatic rings. The monoisotopic (exact) mass is 338 g/mol. The molecule has 132 valence electrons. The van der Waals surface area contributed by atoms with Crippen molar-refractivity contribution in [3.05, 3.63) is 59.7 Å². The molecule has 1 fully saturated rings. The smallest absolute Gasteiger partial charge is 0.255 e. The molecule has 0 saturated carbocycles. The van der Waals surface area contributed by atoms with Gasteiger partial charge in [-0.15, -0.1) is 0 Å². The summed E-state index contributed by atoms with van der Waals surface area (Å²) in [4.78, 5) is 12.4. The molecule has 0 aromatic heterocycles. The van der Waals surface area contributed by atoms with Gasteiger partial charge in [0.1, 0.15) is 0 Å². The first-order chi connectivity index (χ1) is 12.1. The standard InChI is InChI=1S/C21H26N2O2/c1-15-13-17(11-12-25-15)14-22-19-9-6-10-20(16(19)2)23-21(24)18-7-4-3-5-8-18/h3-10,15,17,22H,11-14H2,1-2H3,(H,23,24)/t15-,17-/m0/s1. The highest BCUT2D eigenvalue weighted by atomic mass is 16.5. The molecule has 2 atom stereocenters. The van der Waals surface area contributed by atoms with E-state index in [0.29, 0.717) is 17.6 Å². The Balaban J connectivity index is 1.64. The Morgan fingerprint density at radius 2 is 1.88 bits per heavy atom. The van der Waals surface area contributed by atoms with E-state index >= 15 is 0 Å².